The number of hydrogen-bond donors (Lipinski definition) is 2. The first-order valence-corrected chi connectivity index (χ1v) is 8.85. The van der Waals surface area contributed by atoms with Crippen LogP contribution in [0, 0.1) is 0 Å². The first-order chi connectivity index (χ1) is 11.9. The third-order valence-electron chi connectivity index (χ3n) is 3.32. The first kappa shape index (κ1) is 23.0. The molecule has 26 heavy (non-hydrogen) atoms. The Kier molecular flexibility index (Phi) is 9.66. The van der Waals surface area contributed by atoms with Crippen LogP contribution in [0.3, 0.4) is 0 Å². The summed E-state index contributed by atoms with van der Waals surface area (Å²) in [6, 6.07) is 7.60. The van der Waals surface area contributed by atoms with Crippen molar-refractivity contribution in [3.8, 4) is 0 Å². The fourth-order valence-corrected chi connectivity index (χ4v) is 2.97. The summed E-state index contributed by atoms with van der Waals surface area (Å²) in [5.41, 5.74) is 0.313. The highest BCUT2D eigenvalue weighted by Crippen LogP contribution is 2.29. The lowest BCUT2D eigenvalue weighted by molar-refractivity contribution is -0.140. The summed E-state index contributed by atoms with van der Waals surface area (Å²) in [7, 11) is 1.64. The monoisotopic (exact) mass is 518 g/mol. The van der Waals surface area contributed by atoms with Gasteiger partial charge in [-0.25, -0.2) is 4.98 Å². The van der Waals surface area contributed by atoms with Crippen LogP contribution in [0.4, 0.5) is 13.2 Å². The topological polar surface area (TPSA) is 49.3 Å². The van der Waals surface area contributed by atoms with Crippen molar-refractivity contribution in [1.29, 1.82) is 0 Å². The van der Waals surface area contributed by atoms with Gasteiger partial charge in [-0.1, -0.05) is 23.7 Å². The summed E-state index contributed by atoms with van der Waals surface area (Å²) in [5.74, 6) is 0.599. The molecule has 144 valence electrons. The van der Waals surface area contributed by atoms with Crippen molar-refractivity contribution >= 4 is 52.9 Å². The minimum absolute atomic E-state index is 0. The second-order valence-electron chi connectivity index (χ2n) is 5.18. The lowest BCUT2D eigenvalue weighted by Gasteiger charge is -2.11. The van der Waals surface area contributed by atoms with Crippen molar-refractivity contribution < 1.29 is 13.2 Å². The number of hydrogen-bond acceptors (Lipinski definition) is 3. The standard InChI is InChI=1S/C16H18ClF3N4S.HI/c1-21-15(22-8-6-11-2-4-12(17)5-3-11)23-9-7-14-24-13(10-25-14)16(18,19)20;/h2-5,10H,6-9H2,1H3,(H2,21,22,23);1H. The molecule has 0 bridgehead atoms. The maximum atomic E-state index is 12.5. The van der Waals surface area contributed by atoms with E-state index in [1.165, 1.54) is 0 Å². The normalized spacial score (nSPS) is 11.8. The Balaban J connectivity index is 0.00000338. The van der Waals surface area contributed by atoms with E-state index in [9.17, 15) is 13.2 Å². The van der Waals surface area contributed by atoms with E-state index in [0.717, 1.165) is 28.7 Å². The van der Waals surface area contributed by atoms with Gasteiger partial charge in [-0.3, -0.25) is 4.99 Å². The summed E-state index contributed by atoms with van der Waals surface area (Å²) in [6.45, 7) is 1.13. The van der Waals surface area contributed by atoms with Crippen LogP contribution in [-0.4, -0.2) is 31.1 Å². The molecule has 1 aromatic carbocycles. The number of benzene rings is 1. The zero-order chi connectivity index (χ0) is 18.3. The number of aliphatic imine (C=N–C) groups is 1. The van der Waals surface area contributed by atoms with Crippen LogP contribution >= 0.6 is 46.9 Å². The van der Waals surface area contributed by atoms with Gasteiger partial charge < -0.3 is 10.6 Å². The van der Waals surface area contributed by atoms with Crippen LogP contribution in [0.15, 0.2) is 34.6 Å². The van der Waals surface area contributed by atoms with E-state index in [1.807, 2.05) is 24.3 Å². The maximum Gasteiger partial charge on any atom is 0.434 e. The van der Waals surface area contributed by atoms with Crippen molar-refractivity contribution in [3.63, 3.8) is 0 Å². The number of aromatic nitrogens is 1. The summed E-state index contributed by atoms with van der Waals surface area (Å²) in [6.07, 6.45) is -3.18. The highest BCUT2D eigenvalue weighted by molar-refractivity contribution is 14.0. The fourth-order valence-electron chi connectivity index (χ4n) is 2.04. The van der Waals surface area contributed by atoms with Gasteiger partial charge in [0.15, 0.2) is 11.7 Å². The minimum atomic E-state index is -4.39. The lowest BCUT2D eigenvalue weighted by atomic mass is 10.1. The molecule has 0 fully saturated rings. The molecule has 0 aliphatic heterocycles. The summed E-state index contributed by atoms with van der Waals surface area (Å²) in [5, 5.41) is 8.40. The molecule has 0 saturated carbocycles. The van der Waals surface area contributed by atoms with Crippen molar-refractivity contribution in [2.75, 3.05) is 20.1 Å². The van der Waals surface area contributed by atoms with Gasteiger partial charge in [-0.15, -0.1) is 35.3 Å². The van der Waals surface area contributed by atoms with Crippen molar-refractivity contribution in [2.45, 2.75) is 19.0 Å². The van der Waals surface area contributed by atoms with Crippen LogP contribution in [0.2, 0.25) is 5.02 Å². The average Bonchev–Trinajstić information content (AvgIpc) is 3.04. The molecule has 1 heterocycles. The third-order valence-corrected chi connectivity index (χ3v) is 4.48. The van der Waals surface area contributed by atoms with Gasteiger partial charge in [-0.2, -0.15) is 13.2 Å². The Morgan fingerprint density at radius 3 is 2.31 bits per heavy atom. The van der Waals surface area contributed by atoms with Crippen LogP contribution in [0.25, 0.3) is 0 Å². The van der Waals surface area contributed by atoms with Crippen LogP contribution < -0.4 is 10.6 Å². The minimum Gasteiger partial charge on any atom is -0.356 e. The van der Waals surface area contributed by atoms with Gasteiger partial charge in [0.05, 0.1) is 5.01 Å². The van der Waals surface area contributed by atoms with Gasteiger partial charge >= 0.3 is 6.18 Å². The highest BCUT2D eigenvalue weighted by Gasteiger charge is 2.33. The van der Waals surface area contributed by atoms with Crippen molar-refractivity contribution in [3.05, 3.63) is 50.9 Å². The second-order valence-corrected chi connectivity index (χ2v) is 6.56. The quantitative estimate of drug-likeness (QED) is 0.339. The Morgan fingerprint density at radius 2 is 1.77 bits per heavy atom. The van der Waals surface area contributed by atoms with Crippen molar-refractivity contribution in [2.24, 2.45) is 4.99 Å². The summed E-state index contributed by atoms with van der Waals surface area (Å²) < 4.78 is 37.5. The van der Waals surface area contributed by atoms with E-state index in [4.69, 9.17) is 11.6 Å². The number of nitrogens with zero attached hydrogens (tertiary/aromatic N) is 2. The number of alkyl halides is 3. The molecule has 0 aliphatic carbocycles. The fraction of sp³-hybridized carbons (Fsp3) is 0.375. The Labute approximate surface area is 176 Å². The molecule has 4 nitrogen and oxygen atoms in total. The predicted octanol–water partition coefficient (Wildman–Crippen LogP) is 4.38. The number of nitrogens with one attached hydrogen (secondary N) is 2. The van der Waals surface area contributed by atoms with Crippen LogP contribution in [0.1, 0.15) is 16.3 Å². The van der Waals surface area contributed by atoms with Gasteiger partial charge in [0.25, 0.3) is 0 Å². The average molecular weight is 519 g/mol. The molecule has 0 spiro atoms. The molecular weight excluding hydrogens is 500 g/mol. The molecule has 10 heteroatoms. The van der Waals surface area contributed by atoms with Gasteiger partial charge in [0.1, 0.15) is 0 Å². The summed E-state index contributed by atoms with van der Waals surface area (Å²) in [4.78, 5) is 7.68. The van der Waals surface area contributed by atoms with Gasteiger partial charge in [0.2, 0.25) is 0 Å². The van der Waals surface area contributed by atoms with E-state index >= 15 is 0 Å². The molecule has 2 aromatic rings. The molecular formula is C16H19ClF3IN4S. The van der Waals surface area contributed by atoms with Crippen molar-refractivity contribution in [1.82, 2.24) is 15.6 Å². The molecule has 0 aliphatic rings. The molecule has 0 saturated heterocycles. The SMILES string of the molecule is CN=C(NCCc1ccc(Cl)cc1)NCCc1nc(C(F)(F)F)cs1.I. The third kappa shape index (κ3) is 7.67. The molecule has 0 radical (unpaired) electrons. The van der Waals surface area contributed by atoms with E-state index in [2.05, 4.69) is 20.6 Å². The molecule has 0 amide bonds. The number of guanidine groups is 1. The highest BCUT2D eigenvalue weighted by atomic mass is 127. The predicted molar refractivity (Wildman–Crippen MR) is 111 cm³/mol. The Hall–Kier alpha value is -1.07. The smallest absolute Gasteiger partial charge is 0.356 e. The Morgan fingerprint density at radius 1 is 1.15 bits per heavy atom. The number of rotatable bonds is 6. The van der Waals surface area contributed by atoms with Crippen LogP contribution in [-0.2, 0) is 19.0 Å². The summed E-state index contributed by atoms with van der Waals surface area (Å²) >= 11 is 6.85. The number of thiazole rings is 1. The van der Waals surface area contributed by atoms with E-state index in [-0.39, 0.29) is 24.0 Å². The van der Waals surface area contributed by atoms with Gasteiger partial charge in [-0.05, 0) is 24.1 Å². The second kappa shape index (κ2) is 10.9. The van der Waals surface area contributed by atoms with E-state index in [0.29, 0.717) is 35.5 Å². The molecule has 1 aromatic heterocycles. The zero-order valence-corrected chi connectivity index (χ0v) is 17.8. The van der Waals surface area contributed by atoms with Gasteiger partial charge in [0, 0.05) is 37.0 Å². The molecule has 0 unspecified atom stereocenters. The lowest BCUT2D eigenvalue weighted by Crippen LogP contribution is -2.39. The Bertz CT molecular complexity index is 704. The zero-order valence-electron chi connectivity index (χ0n) is 13.9. The first-order valence-electron chi connectivity index (χ1n) is 7.59. The van der Waals surface area contributed by atoms with Crippen LogP contribution in [0.5, 0.6) is 0 Å². The molecule has 2 rings (SSSR count). The maximum absolute atomic E-state index is 12.5. The molecule has 2 N–H and O–H groups in total. The van der Waals surface area contributed by atoms with E-state index in [1.54, 1.807) is 7.05 Å². The van der Waals surface area contributed by atoms with E-state index < -0.39 is 11.9 Å². The molecule has 0 atom stereocenters. The largest absolute Gasteiger partial charge is 0.434 e. The number of halogens is 5.